The van der Waals surface area contributed by atoms with Crippen molar-refractivity contribution >= 4 is 24.2 Å². The standard InChI is InChI=1S/C8H7ClN2/c1-11-8(10)6-2-4-7(9)5-3-6/h2-5,10H,1H2. The highest BCUT2D eigenvalue weighted by Gasteiger charge is 1.95. The van der Waals surface area contributed by atoms with Crippen molar-refractivity contribution in [2.45, 2.75) is 0 Å². The summed E-state index contributed by atoms with van der Waals surface area (Å²) in [4.78, 5) is 3.48. The van der Waals surface area contributed by atoms with Crippen LogP contribution in [0.1, 0.15) is 5.56 Å². The number of nitrogens with zero attached hydrogens (tertiary/aromatic N) is 1. The van der Waals surface area contributed by atoms with E-state index in [9.17, 15) is 0 Å². The van der Waals surface area contributed by atoms with Gasteiger partial charge in [-0.05, 0) is 31.0 Å². The lowest BCUT2D eigenvalue weighted by atomic mass is 10.2. The lowest BCUT2D eigenvalue weighted by Crippen LogP contribution is -1.92. The van der Waals surface area contributed by atoms with Crippen LogP contribution in [-0.4, -0.2) is 12.6 Å². The van der Waals surface area contributed by atoms with Gasteiger partial charge in [-0.1, -0.05) is 11.6 Å². The molecule has 0 fully saturated rings. The molecule has 0 heterocycles. The topological polar surface area (TPSA) is 36.2 Å². The van der Waals surface area contributed by atoms with Gasteiger partial charge in [0.1, 0.15) is 0 Å². The molecular formula is C8H7ClN2. The molecule has 1 aromatic carbocycles. The van der Waals surface area contributed by atoms with Crippen LogP contribution in [0.2, 0.25) is 5.02 Å². The zero-order valence-electron chi connectivity index (χ0n) is 5.84. The van der Waals surface area contributed by atoms with Crippen LogP contribution < -0.4 is 0 Å². The van der Waals surface area contributed by atoms with E-state index in [-0.39, 0.29) is 5.84 Å². The summed E-state index contributed by atoms with van der Waals surface area (Å²) in [6, 6.07) is 6.91. The average molecular weight is 167 g/mol. The number of aliphatic imine (C=N–C) groups is 1. The van der Waals surface area contributed by atoms with Gasteiger partial charge in [0.15, 0.2) is 5.84 Å². The summed E-state index contributed by atoms with van der Waals surface area (Å²) in [6.45, 7) is 3.25. The summed E-state index contributed by atoms with van der Waals surface area (Å²) in [5, 5.41) is 7.93. The molecule has 3 heteroatoms. The van der Waals surface area contributed by atoms with Crippen molar-refractivity contribution in [3.8, 4) is 0 Å². The van der Waals surface area contributed by atoms with Gasteiger partial charge >= 0.3 is 0 Å². The largest absolute Gasteiger partial charge is 0.282 e. The van der Waals surface area contributed by atoms with Gasteiger partial charge in [-0.3, -0.25) is 5.41 Å². The molecule has 11 heavy (non-hydrogen) atoms. The third kappa shape index (κ3) is 1.88. The molecule has 0 spiro atoms. The van der Waals surface area contributed by atoms with E-state index in [1.165, 1.54) is 0 Å². The fourth-order valence-corrected chi connectivity index (χ4v) is 0.825. The van der Waals surface area contributed by atoms with Crippen molar-refractivity contribution in [2.75, 3.05) is 0 Å². The van der Waals surface area contributed by atoms with E-state index < -0.39 is 0 Å². The molecule has 0 aliphatic heterocycles. The first-order chi connectivity index (χ1) is 5.24. The van der Waals surface area contributed by atoms with Crippen molar-refractivity contribution in [1.29, 1.82) is 5.41 Å². The Bertz CT molecular complexity index is 277. The first-order valence-corrected chi connectivity index (χ1v) is 3.43. The van der Waals surface area contributed by atoms with E-state index in [0.717, 1.165) is 5.56 Å². The highest BCUT2D eigenvalue weighted by atomic mass is 35.5. The smallest absolute Gasteiger partial charge is 0.151 e. The van der Waals surface area contributed by atoms with E-state index in [1.54, 1.807) is 24.3 Å². The second-order valence-corrected chi connectivity index (χ2v) is 2.45. The zero-order chi connectivity index (χ0) is 8.27. The molecular weight excluding hydrogens is 160 g/mol. The lowest BCUT2D eigenvalue weighted by Gasteiger charge is -1.95. The minimum atomic E-state index is 0.168. The molecule has 56 valence electrons. The van der Waals surface area contributed by atoms with E-state index in [2.05, 4.69) is 11.7 Å². The SMILES string of the molecule is C=NC(=N)c1ccc(Cl)cc1. The maximum atomic E-state index is 7.28. The minimum absolute atomic E-state index is 0.168. The van der Waals surface area contributed by atoms with Gasteiger partial charge < -0.3 is 0 Å². The number of amidine groups is 1. The molecule has 1 N–H and O–H groups in total. The van der Waals surface area contributed by atoms with Gasteiger partial charge in [0.25, 0.3) is 0 Å². The Morgan fingerprint density at radius 2 is 1.91 bits per heavy atom. The molecule has 0 amide bonds. The van der Waals surface area contributed by atoms with E-state index >= 15 is 0 Å². The Kier molecular flexibility index (Phi) is 2.39. The van der Waals surface area contributed by atoms with E-state index in [1.807, 2.05) is 0 Å². The summed E-state index contributed by atoms with van der Waals surface area (Å²) in [7, 11) is 0. The quantitative estimate of drug-likeness (QED) is 0.491. The van der Waals surface area contributed by atoms with Gasteiger partial charge in [-0.25, -0.2) is 4.99 Å². The minimum Gasteiger partial charge on any atom is -0.282 e. The highest BCUT2D eigenvalue weighted by molar-refractivity contribution is 6.30. The van der Waals surface area contributed by atoms with Crippen molar-refractivity contribution in [3.63, 3.8) is 0 Å². The number of hydrogen-bond donors (Lipinski definition) is 1. The summed E-state index contributed by atoms with van der Waals surface area (Å²) in [6.07, 6.45) is 0. The van der Waals surface area contributed by atoms with Gasteiger partial charge in [0.2, 0.25) is 0 Å². The molecule has 0 aliphatic rings. The van der Waals surface area contributed by atoms with Crippen LogP contribution in [0.25, 0.3) is 0 Å². The molecule has 0 saturated heterocycles. The maximum absolute atomic E-state index is 7.28. The molecule has 1 rings (SSSR count). The average Bonchev–Trinajstić information content (AvgIpc) is 2.05. The van der Waals surface area contributed by atoms with Gasteiger partial charge in [-0.15, -0.1) is 0 Å². The summed E-state index contributed by atoms with van der Waals surface area (Å²) >= 11 is 5.64. The van der Waals surface area contributed by atoms with Crippen LogP contribution in [0.5, 0.6) is 0 Å². The van der Waals surface area contributed by atoms with Crippen LogP contribution in [0.15, 0.2) is 29.3 Å². The zero-order valence-corrected chi connectivity index (χ0v) is 6.60. The maximum Gasteiger partial charge on any atom is 0.151 e. The number of halogens is 1. The molecule has 0 bridgehead atoms. The molecule has 1 aromatic rings. The molecule has 0 radical (unpaired) electrons. The molecule has 2 nitrogen and oxygen atoms in total. The normalized spacial score (nSPS) is 9.18. The lowest BCUT2D eigenvalue weighted by molar-refractivity contribution is 1.43. The van der Waals surface area contributed by atoms with Gasteiger partial charge in [0.05, 0.1) is 0 Å². The Hall–Kier alpha value is -1.15. The first kappa shape index (κ1) is 7.95. The Labute approximate surface area is 70.0 Å². The van der Waals surface area contributed by atoms with Crippen molar-refractivity contribution < 1.29 is 0 Å². The van der Waals surface area contributed by atoms with Gasteiger partial charge in [0, 0.05) is 10.6 Å². The second kappa shape index (κ2) is 3.30. The van der Waals surface area contributed by atoms with E-state index in [0.29, 0.717) is 5.02 Å². The molecule has 0 saturated carbocycles. The third-order valence-corrected chi connectivity index (χ3v) is 1.53. The predicted octanol–water partition coefficient (Wildman–Crippen LogP) is 2.37. The first-order valence-electron chi connectivity index (χ1n) is 3.05. The predicted molar refractivity (Wildman–Crippen MR) is 47.8 cm³/mol. The van der Waals surface area contributed by atoms with Crippen LogP contribution in [-0.2, 0) is 0 Å². The molecule has 0 atom stereocenters. The van der Waals surface area contributed by atoms with Crippen LogP contribution in [0, 0.1) is 5.41 Å². The molecule has 0 unspecified atom stereocenters. The van der Waals surface area contributed by atoms with Crippen LogP contribution >= 0.6 is 11.6 Å². The summed E-state index contributed by atoms with van der Waals surface area (Å²) in [5.74, 6) is 0.168. The van der Waals surface area contributed by atoms with Gasteiger partial charge in [-0.2, -0.15) is 0 Å². The molecule has 0 aliphatic carbocycles. The fraction of sp³-hybridized carbons (Fsp3) is 0. The van der Waals surface area contributed by atoms with Crippen LogP contribution in [0.3, 0.4) is 0 Å². The summed E-state index contributed by atoms with van der Waals surface area (Å²) in [5.41, 5.74) is 0.726. The Morgan fingerprint density at radius 1 is 1.36 bits per heavy atom. The van der Waals surface area contributed by atoms with Crippen molar-refractivity contribution in [3.05, 3.63) is 34.9 Å². The highest BCUT2D eigenvalue weighted by Crippen LogP contribution is 2.09. The third-order valence-electron chi connectivity index (χ3n) is 1.28. The van der Waals surface area contributed by atoms with Crippen molar-refractivity contribution in [1.82, 2.24) is 0 Å². The summed E-state index contributed by atoms with van der Waals surface area (Å²) < 4.78 is 0. The Morgan fingerprint density at radius 3 is 2.36 bits per heavy atom. The number of rotatable bonds is 1. The van der Waals surface area contributed by atoms with Crippen molar-refractivity contribution in [2.24, 2.45) is 4.99 Å². The second-order valence-electron chi connectivity index (χ2n) is 2.01. The number of nitrogens with one attached hydrogen (secondary N) is 1. The number of hydrogen-bond acceptors (Lipinski definition) is 1. The van der Waals surface area contributed by atoms with E-state index in [4.69, 9.17) is 17.0 Å². The number of benzene rings is 1. The fourth-order valence-electron chi connectivity index (χ4n) is 0.699. The molecule has 0 aromatic heterocycles. The van der Waals surface area contributed by atoms with Crippen LogP contribution in [0.4, 0.5) is 0 Å². The monoisotopic (exact) mass is 166 g/mol. The Balaban J connectivity index is 2.98.